The molecule has 2 heterocycles. The van der Waals surface area contributed by atoms with Gasteiger partial charge in [-0.05, 0) is 54.7 Å². The maximum atomic E-state index is 12.5. The lowest BCUT2D eigenvalue weighted by molar-refractivity contribution is 0.614. The van der Waals surface area contributed by atoms with Crippen molar-refractivity contribution in [3.63, 3.8) is 0 Å². The second-order valence-electron chi connectivity index (χ2n) is 5.66. The zero-order valence-corrected chi connectivity index (χ0v) is 13.9. The maximum absolute atomic E-state index is 12.5. The van der Waals surface area contributed by atoms with E-state index in [1.807, 2.05) is 22.1 Å². The van der Waals surface area contributed by atoms with E-state index in [2.05, 4.69) is 29.4 Å². The Balaban J connectivity index is 2.00. The van der Waals surface area contributed by atoms with Gasteiger partial charge in [-0.1, -0.05) is 6.07 Å². The van der Waals surface area contributed by atoms with Crippen molar-refractivity contribution in [2.75, 3.05) is 6.26 Å². The first kappa shape index (κ1) is 14.0. The summed E-state index contributed by atoms with van der Waals surface area (Å²) in [5.41, 5.74) is 1.70. The molecular weight excluding hydrogens is 312 g/mol. The van der Waals surface area contributed by atoms with Crippen LogP contribution in [0, 0.1) is 5.92 Å². The lowest BCUT2D eigenvalue weighted by Crippen LogP contribution is -2.24. The molecule has 1 aliphatic carbocycles. The first-order chi connectivity index (χ1) is 10.8. The highest BCUT2D eigenvalue weighted by Crippen LogP contribution is 2.34. The molecule has 1 fully saturated rings. The predicted molar refractivity (Wildman–Crippen MR) is 93.8 cm³/mol. The first-order valence-electron chi connectivity index (χ1n) is 7.39. The molecule has 1 aromatic carbocycles. The highest BCUT2D eigenvalue weighted by Gasteiger charge is 2.24. The maximum Gasteiger partial charge on any atom is 0.348 e. The number of hydrogen-bond acceptors (Lipinski definition) is 4. The van der Waals surface area contributed by atoms with E-state index < -0.39 is 0 Å². The van der Waals surface area contributed by atoms with E-state index in [-0.39, 0.29) is 5.69 Å². The summed E-state index contributed by atoms with van der Waals surface area (Å²) < 4.78 is 1.86. The van der Waals surface area contributed by atoms with Gasteiger partial charge in [-0.25, -0.2) is 4.79 Å². The quantitative estimate of drug-likeness (QED) is 0.671. The van der Waals surface area contributed by atoms with Crippen molar-refractivity contribution in [2.45, 2.75) is 24.3 Å². The average Bonchev–Trinajstić information content (AvgIpc) is 3.19. The van der Waals surface area contributed by atoms with Crippen LogP contribution in [-0.4, -0.2) is 15.8 Å². The number of aromatic nitrogens is 2. The summed E-state index contributed by atoms with van der Waals surface area (Å²) in [6.45, 7) is 0.797. The predicted octanol–water partition coefficient (Wildman–Crippen LogP) is 4.26. The standard InChI is InChI=1S/C17H16N2OS2/c1-21-12-6-7-14-13(9-12)16(15-3-2-8-22-15)18-17(20)19(14)10-11-4-5-11/h2-3,6-9,11H,4-5,10H2,1H3. The molecule has 5 heteroatoms. The third-order valence-corrected chi connectivity index (χ3v) is 5.68. The Labute approximate surface area is 137 Å². The number of hydrogen-bond donors (Lipinski definition) is 0. The van der Waals surface area contributed by atoms with Gasteiger partial charge in [0.25, 0.3) is 0 Å². The Morgan fingerprint density at radius 1 is 1.36 bits per heavy atom. The molecule has 0 saturated heterocycles. The normalized spacial score (nSPS) is 14.6. The summed E-state index contributed by atoms with van der Waals surface area (Å²) in [5.74, 6) is 0.649. The molecule has 2 aromatic heterocycles. The minimum atomic E-state index is -0.125. The molecule has 0 bridgehead atoms. The van der Waals surface area contributed by atoms with Crippen molar-refractivity contribution >= 4 is 34.0 Å². The van der Waals surface area contributed by atoms with Crippen LogP contribution in [0.2, 0.25) is 0 Å². The van der Waals surface area contributed by atoms with Gasteiger partial charge in [0.2, 0.25) is 0 Å². The molecule has 22 heavy (non-hydrogen) atoms. The SMILES string of the molecule is CSc1ccc2c(c1)c(-c1cccs1)nc(=O)n2CC1CC1. The van der Waals surface area contributed by atoms with Gasteiger partial charge in [0.05, 0.1) is 16.1 Å². The molecule has 0 spiro atoms. The molecule has 1 saturated carbocycles. The zero-order valence-electron chi connectivity index (χ0n) is 12.3. The summed E-state index contributed by atoms with van der Waals surface area (Å²) >= 11 is 3.34. The van der Waals surface area contributed by atoms with Crippen LogP contribution in [0.5, 0.6) is 0 Å². The third-order valence-electron chi connectivity index (χ3n) is 4.08. The average molecular weight is 328 g/mol. The summed E-state index contributed by atoms with van der Waals surface area (Å²) in [5, 5.41) is 3.10. The highest BCUT2D eigenvalue weighted by molar-refractivity contribution is 7.98. The fraction of sp³-hybridized carbons (Fsp3) is 0.294. The summed E-state index contributed by atoms with van der Waals surface area (Å²) in [7, 11) is 0. The van der Waals surface area contributed by atoms with Crippen LogP contribution in [0.15, 0.2) is 45.4 Å². The first-order valence-corrected chi connectivity index (χ1v) is 9.49. The Kier molecular flexibility index (Phi) is 3.54. The van der Waals surface area contributed by atoms with E-state index in [1.165, 1.54) is 17.7 Å². The fourth-order valence-electron chi connectivity index (χ4n) is 2.72. The molecule has 0 aliphatic heterocycles. The summed E-state index contributed by atoms with van der Waals surface area (Å²) in [6.07, 6.45) is 4.52. The topological polar surface area (TPSA) is 34.9 Å². The molecule has 3 aromatic rings. The Hall–Kier alpha value is -1.59. The lowest BCUT2D eigenvalue weighted by atomic mass is 10.1. The molecule has 0 N–H and O–H groups in total. The smallest absolute Gasteiger partial charge is 0.292 e. The van der Waals surface area contributed by atoms with Gasteiger partial charge in [-0.2, -0.15) is 4.98 Å². The van der Waals surface area contributed by atoms with E-state index in [0.717, 1.165) is 28.0 Å². The molecule has 112 valence electrons. The second kappa shape index (κ2) is 5.56. The van der Waals surface area contributed by atoms with Crippen LogP contribution in [0.25, 0.3) is 21.5 Å². The molecule has 0 atom stereocenters. The number of thioether (sulfide) groups is 1. The highest BCUT2D eigenvalue weighted by atomic mass is 32.2. The van der Waals surface area contributed by atoms with Gasteiger partial charge >= 0.3 is 5.69 Å². The Morgan fingerprint density at radius 3 is 2.91 bits per heavy atom. The van der Waals surface area contributed by atoms with E-state index in [9.17, 15) is 4.79 Å². The molecule has 1 aliphatic rings. The molecular formula is C17H16N2OS2. The van der Waals surface area contributed by atoms with Crippen molar-refractivity contribution < 1.29 is 0 Å². The van der Waals surface area contributed by atoms with Gasteiger partial charge in [-0.3, -0.25) is 4.57 Å². The van der Waals surface area contributed by atoms with E-state index >= 15 is 0 Å². The van der Waals surface area contributed by atoms with Gasteiger partial charge in [0, 0.05) is 16.8 Å². The van der Waals surface area contributed by atoms with Crippen molar-refractivity contribution in [2.24, 2.45) is 5.92 Å². The largest absolute Gasteiger partial charge is 0.348 e. The van der Waals surface area contributed by atoms with Crippen molar-refractivity contribution in [3.05, 3.63) is 46.2 Å². The molecule has 0 unspecified atom stereocenters. The fourth-order valence-corrected chi connectivity index (χ4v) is 3.89. The Morgan fingerprint density at radius 2 is 2.23 bits per heavy atom. The number of benzene rings is 1. The van der Waals surface area contributed by atoms with Crippen LogP contribution in [0.1, 0.15) is 12.8 Å². The van der Waals surface area contributed by atoms with E-state index in [4.69, 9.17) is 0 Å². The van der Waals surface area contributed by atoms with Crippen LogP contribution in [0.3, 0.4) is 0 Å². The third kappa shape index (κ3) is 2.48. The van der Waals surface area contributed by atoms with Gasteiger partial charge in [-0.15, -0.1) is 23.1 Å². The molecule has 0 amide bonds. The molecule has 4 rings (SSSR count). The van der Waals surface area contributed by atoms with Crippen molar-refractivity contribution in [3.8, 4) is 10.6 Å². The summed E-state index contributed by atoms with van der Waals surface area (Å²) in [4.78, 5) is 19.2. The van der Waals surface area contributed by atoms with Crippen LogP contribution < -0.4 is 5.69 Å². The number of fused-ring (bicyclic) bond motifs is 1. The van der Waals surface area contributed by atoms with Gasteiger partial charge < -0.3 is 0 Å². The lowest BCUT2D eigenvalue weighted by Gasteiger charge is -2.12. The van der Waals surface area contributed by atoms with Crippen LogP contribution in [0.4, 0.5) is 0 Å². The van der Waals surface area contributed by atoms with E-state index in [0.29, 0.717) is 5.92 Å². The van der Waals surface area contributed by atoms with Crippen molar-refractivity contribution in [1.29, 1.82) is 0 Å². The minimum Gasteiger partial charge on any atom is -0.292 e. The van der Waals surface area contributed by atoms with Crippen LogP contribution in [-0.2, 0) is 6.54 Å². The van der Waals surface area contributed by atoms with Crippen molar-refractivity contribution in [1.82, 2.24) is 9.55 Å². The van der Waals surface area contributed by atoms with Gasteiger partial charge in [0.1, 0.15) is 0 Å². The number of rotatable bonds is 4. The van der Waals surface area contributed by atoms with E-state index in [1.54, 1.807) is 23.1 Å². The van der Waals surface area contributed by atoms with Crippen LogP contribution >= 0.6 is 23.1 Å². The molecule has 0 radical (unpaired) electrons. The Bertz CT molecular complexity index is 880. The number of nitrogens with zero attached hydrogens (tertiary/aromatic N) is 2. The zero-order chi connectivity index (χ0) is 15.1. The van der Waals surface area contributed by atoms with Gasteiger partial charge in [0.15, 0.2) is 0 Å². The monoisotopic (exact) mass is 328 g/mol. The second-order valence-corrected chi connectivity index (χ2v) is 7.48. The number of thiophene rings is 1. The minimum absolute atomic E-state index is 0.125. The molecule has 3 nitrogen and oxygen atoms in total. The summed E-state index contributed by atoms with van der Waals surface area (Å²) in [6, 6.07) is 10.4.